The van der Waals surface area contributed by atoms with Crippen LogP contribution in [0.1, 0.15) is 21.7 Å². The van der Waals surface area contributed by atoms with Crippen molar-refractivity contribution in [2.45, 2.75) is 10.1 Å². The molecule has 0 aliphatic carbocycles. The SMILES string of the molecule is C=Cc1ccc(CS(=O)(=O)c2nc(C=C)c(C=C)s2)cc1. The van der Waals surface area contributed by atoms with Gasteiger partial charge in [0.05, 0.1) is 16.3 Å². The van der Waals surface area contributed by atoms with Gasteiger partial charge >= 0.3 is 0 Å². The van der Waals surface area contributed by atoms with Crippen molar-refractivity contribution >= 4 is 39.4 Å². The van der Waals surface area contributed by atoms with E-state index in [4.69, 9.17) is 0 Å². The third-order valence-electron chi connectivity index (χ3n) is 2.88. The molecule has 0 fully saturated rings. The Morgan fingerprint density at radius 2 is 1.71 bits per heavy atom. The second-order valence-corrected chi connectivity index (χ2v) is 7.54. The lowest BCUT2D eigenvalue weighted by Crippen LogP contribution is -2.04. The van der Waals surface area contributed by atoms with Crippen LogP contribution in [0.4, 0.5) is 0 Å². The minimum Gasteiger partial charge on any atom is -0.225 e. The first kappa shape index (κ1) is 15.4. The summed E-state index contributed by atoms with van der Waals surface area (Å²) in [5.41, 5.74) is 2.22. The van der Waals surface area contributed by atoms with Crippen molar-refractivity contribution in [2.24, 2.45) is 0 Å². The van der Waals surface area contributed by atoms with Gasteiger partial charge in [0.1, 0.15) is 0 Å². The maximum Gasteiger partial charge on any atom is 0.210 e. The fourth-order valence-corrected chi connectivity index (χ4v) is 4.37. The zero-order valence-electron chi connectivity index (χ0n) is 11.5. The van der Waals surface area contributed by atoms with Gasteiger partial charge in [-0.05, 0) is 23.3 Å². The molecule has 1 heterocycles. The zero-order valence-corrected chi connectivity index (χ0v) is 13.1. The number of nitrogens with zero attached hydrogens (tertiary/aromatic N) is 1. The molecule has 0 N–H and O–H groups in total. The van der Waals surface area contributed by atoms with Gasteiger partial charge in [-0.15, -0.1) is 11.3 Å². The van der Waals surface area contributed by atoms with E-state index in [1.54, 1.807) is 24.3 Å². The summed E-state index contributed by atoms with van der Waals surface area (Å²) >= 11 is 1.11. The Kier molecular flexibility index (Phi) is 4.55. The molecule has 3 nitrogen and oxygen atoms in total. The average Bonchev–Trinajstić information content (AvgIpc) is 2.92. The van der Waals surface area contributed by atoms with Crippen molar-refractivity contribution in [3.8, 4) is 0 Å². The highest BCUT2D eigenvalue weighted by Crippen LogP contribution is 2.27. The van der Waals surface area contributed by atoms with Crippen molar-refractivity contribution in [3.05, 3.63) is 65.7 Å². The molecule has 1 aromatic carbocycles. The average molecular weight is 317 g/mol. The highest BCUT2D eigenvalue weighted by molar-refractivity contribution is 7.92. The molecule has 2 rings (SSSR count). The molecular weight excluding hydrogens is 302 g/mol. The largest absolute Gasteiger partial charge is 0.225 e. The van der Waals surface area contributed by atoms with Crippen molar-refractivity contribution < 1.29 is 8.42 Å². The second kappa shape index (κ2) is 6.20. The number of thiazole rings is 1. The van der Waals surface area contributed by atoms with E-state index in [1.807, 2.05) is 12.1 Å². The molecule has 0 atom stereocenters. The standard InChI is InChI=1S/C16H15NO2S2/c1-4-12-7-9-13(10-8-12)11-21(18,19)16-17-14(5-2)15(6-3)20-16/h4-10H,1-3,11H2. The molecule has 0 aliphatic heterocycles. The van der Waals surface area contributed by atoms with Crippen LogP contribution in [-0.4, -0.2) is 13.4 Å². The van der Waals surface area contributed by atoms with E-state index in [0.717, 1.165) is 22.5 Å². The Hall–Kier alpha value is -1.98. The summed E-state index contributed by atoms with van der Waals surface area (Å²) in [6.45, 7) is 11.0. The van der Waals surface area contributed by atoms with Gasteiger partial charge in [0.2, 0.25) is 14.2 Å². The smallest absolute Gasteiger partial charge is 0.210 e. The van der Waals surface area contributed by atoms with Gasteiger partial charge in [0.25, 0.3) is 0 Å². The van der Waals surface area contributed by atoms with Crippen LogP contribution in [0.2, 0.25) is 0 Å². The Morgan fingerprint density at radius 3 is 2.19 bits per heavy atom. The zero-order chi connectivity index (χ0) is 15.5. The first-order valence-electron chi connectivity index (χ1n) is 6.20. The molecular formula is C16H15NO2S2. The van der Waals surface area contributed by atoms with Gasteiger partial charge < -0.3 is 0 Å². The highest BCUT2D eigenvalue weighted by Gasteiger charge is 2.21. The van der Waals surface area contributed by atoms with Crippen molar-refractivity contribution in [2.75, 3.05) is 0 Å². The second-order valence-electron chi connectivity index (χ2n) is 4.34. The lowest BCUT2D eigenvalue weighted by Gasteiger charge is -2.02. The molecule has 0 bridgehead atoms. The minimum atomic E-state index is -3.47. The predicted octanol–water partition coefficient (Wildman–Crippen LogP) is 4.05. The first-order chi connectivity index (χ1) is 10.00. The molecule has 5 heteroatoms. The monoisotopic (exact) mass is 317 g/mol. The Labute approximate surface area is 128 Å². The van der Waals surface area contributed by atoms with Crippen molar-refractivity contribution in [3.63, 3.8) is 0 Å². The quantitative estimate of drug-likeness (QED) is 0.807. The van der Waals surface area contributed by atoms with Crippen LogP contribution in [0.5, 0.6) is 0 Å². The number of benzene rings is 1. The van der Waals surface area contributed by atoms with Crippen LogP contribution in [0.3, 0.4) is 0 Å². The third-order valence-corrected chi connectivity index (χ3v) is 6.09. The first-order valence-corrected chi connectivity index (χ1v) is 8.67. The van der Waals surface area contributed by atoms with Crippen molar-refractivity contribution in [1.29, 1.82) is 0 Å². The van der Waals surface area contributed by atoms with E-state index in [9.17, 15) is 8.42 Å². The molecule has 2 aromatic rings. The summed E-state index contributed by atoms with van der Waals surface area (Å²) in [5.74, 6) is -0.0783. The van der Waals surface area contributed by atoms with Crippen molar-refractivity contribution in [1.82, 2.24) is 4.98 Å². The highest BCUT2D eigenvalue weighted by atomic mass is 32.2. The van der Waals surface area contributed by atoms with Crippen LogP contribution in [-0.2, 0) is 15.6 Å². The summed E-state index contributed by atoms with van der Waals surface area (Å²) in [6.07, 6.45) is 4.84. The Morgan fingerprint density at radius 1 is 1.05 bits per heavy atom. The molecule has 0 spiro atoms. The lowest BCUT2D eigenvalue weighted by molar-refractivity contribution is 0.594. The van der Waals surface area contributed by atoms with Crippen LogP contribution < -0.4 is 0 Å². The number of hydrogen-bond donors (Lipinski definition) is 0. The maximum atomic E-state index is 12.4. The summed E-state index contributed by atoms with van der Waals surface area (Å²) in [4.78, 5) is 4.84. The molecule has 0 unspecified atom stereocenters. The fourth-order valence-electron chi connectivity index (χ4n) is 1.78. The van der Waals surface area contributed by atoms with E-state index in [-0.39, 0.29) is 10.1 Å². The number of hydrogen-bond acceptors (Lipinski definition) is 4. The van der Waals surface area contributed by atoms with E-state index in [2.05, 4.69) is 24.7 Å². The normalized spacial score (nSPS) is 11.0. The van der Waals surface area contributed by atoms with Gasteiger partial charge in [0.15, 0.2) is 0 Å². The Balaban J connectivity index is 2.32. The van der Waals surface area contributed by atoms with Crippen LogP contribution in [0.15, 0.2) is 48.3 Å². The van der Waals surface area contributed by atoms with Gasteiger partial charge in [0, 0.05) is 0 Å². The predicted molar refractivity (Wildman–Crippen MR) is 89.7 cm³/mol. The molecule has 108 valence electrons. The molecule has 0 aliphatic rings. The molecule has 0 amide bonds. The molecule has 21 heavy (non-hydrogen) atoms. The van der Waals surface area contributed by atoms with Gasteiger partial charge in [-0.25, -0.2) is 13.4 Å². The van der Waals surface area contributed by atoms with E-state index in [1.165, 1.54) is 6.08 Å². The molecule has 0 saturated heterocycles. The summed E-state index contributed by atoms with van der Waals surface area (Å²) in [7, 11) is -3.47. The van der Waals surface area contributed by atoms with Crippen LogP contribution in [0.25, 0.3) is 18.2 Å². The molecule has 0 saturated carbocycles. The van der Waals surface area contributed by atoms with Gasteiger partial charge in [-0.1, -0.05) is 50.1 Å². The Bertz CT molecular complexity index is 759. The van der Waals surface area contributed by atoms with Gasteiger partial charge in [-0.3, -0.25) is 0 Å². The lowest BCUT2D eigenvalue weighted by atomic mass is 10.1. The number of rotatable bonds is 6. The van der Waals surface area contributed by atoms with Crippen LogP contribution >= 0.6 is 11.3 Å². The van der Waals surface area contributed by atoms with E-state index < -0.39 is 9.84 Å². The number of sulfone groups is 1. The summed E-state index contributed by atoms with van der Waals surface area (Å²) in [6, 6.07) is 7.24. The summed E-state index contributed by atoms with van der Waals surface area (Å²) < 4.78 is 24.9. The minimum absolute atomic E-state index is 0.0783. The third kappa shape index (κ3) is 3.37. The maximum absolute atomic E-state index is 12.4. The molecule has 0 radical (unpaired) electrons. The van der Waals surface area contributed by atoms with Gasteiger partial charge in [-0.2, -0.15) is 0 Å². The number of aromatic nitrogens is 1. The molecule has 1 aromatic heterocycles. The van der Waals surface area contributed by atoms with E-state index >= 15 is 0 Å². The van der Waals surface area contributed by atoms with E-state index in [0.29, 0.717) is 10.6 Å². The fraction of sp³-hybridized carbons (Fsp3) is 0.0625. The van der Waals surface area contributed by atoms with Crippen LogP contribution in [0, 0.1) is 0 Å². The topological polar surface area (TPSA) is 47.0 Å². The summed E-state index contributed by atoms with van der Waals surface area (Å²) in [5, 5.41) is 0.